The van der Waals surface area contributed by atoms with Crippen LogP contribution in [0.1, 0.15) is 38.8 Å². The van der Waals surface area contributed by atoms with Gasteiger partial charge in [0.1, 0.15) is 29.2 Å². The summed E-state index contributed by atoms with van der Waals surface area (Å²) in [4.78, 5) is 25.5. The van der Waals surface area contributed by atoms with Gasteiger partial charge in [-0.15, -0.1) is 0 Å². The molecule has 0 saturated carbocycles. The maximum atomic E-state index is 12.9. The highest BCUT2D eigenvalue weighted by atomic mass is 16.6. The average molecular weight is 503 g/mol. The van der Waals surface area contributed by atoms with Crippen LogP contribution >= 0.6 is 0 Å². The smallest absolute Gasteiger partial charge is 0.407 e. The average Bonchev–Trinajstić information content (AvgIpc) is 2.83. The number of carbonyl (C=O) groups is 2. The summed E-state index contributed by atoms with van der Waals surface area (Å²) < 4.78 is 21.3. The molecule has 2 aromatic carbocycles. The van der Waals surface area contributed by atoms with Crippen molar-refractivity contribution in [3.63, 3.8) is 0 Å². The number of rotatable bonds is 12. The predicted molar refractivity (Wildman–Crippen MR) is 136 cm³/mol. The molecule has 1 amide bonds. The molecule has 2 aromatic rings. The molecular formula is C27H38N2O7. The minimum Gasteiger partial charge on any atom is -0.497 e. The molecule has 0 aliphatic heterocycles. The molecule has 0 radical (unpaired) electrons. The number of hydrogen-bond acceptors (Lipinski definition) is 8. The van der Waals surface area contributed by atoms with Crippen molar-refractivity contribution in [3.05, 3.63) is 59.7 Å². The summed E-state index contributed by atoms with van der Waals surface area (Å²) in [5, 5.41) is 17.2. The second kappa shape index (κ2) is 13.7. The normalized spacial score (nSPS) is 13.8. The molecule has 0 spiro atoms. The fourth-order valence-corrected chi connectivity index (χ4v) is 3.59. The summed E-state index contributed by atoms with van der Waals surface area (Å²) in [7, 11) is 3.10. The summed E-state index contributed by atoms with van der Waals surface area (Å²) in [6.45, 7) is 7.29. The first-order valence-corrected chi connectivity index (χ1v) is 11.9. The number of ether oxygens (including phenoxy) is 4. The van der Waals surface area contributed by atoms with Gasteiger partial charge >= 0.3 is 12.1 Å². The third-order valence-corrected chi connectivity index (χ3v) is 5.23. The monoisotopic (exact) mass is 502 g/mol. The summed E-state index contributed by atoms with van der Waals surface area (Å²) in [5.74, 6) is 0.546. The number of benzene rings is 2. The van der Waals surface area contributed by atoms with E-state index in [1.165, 1.54) is 0 Å². The van der Waals surface area contributed by atoms with Crippen LogP contribution in [0.15, 0.2) is 48.5 Å². The van der Waals surface area contributed by atoms with Crippen LogP contribution < -0.4 is 20.1 Å². The second-order valence-corrected chi connectivity index (χ2v) is 9.26. The van der Waals surface area contributed by atoms with Crippen molar-refractivity contribution >= 4 is 12.1 Å². The Morgan fingerprint density at radius 3 is 2.11 bits per heavy atom. The Hall–Kier alpha value is -3.30. The van der Waals surface area contributed by atoms with E-state index in [9.17, 15) is 14.7 Å². The zero-order chi connectivity index (χ0) is 26.7. The molecule has 0 unspecified atom stereocenters. The first-order valence-electron chi connectivity index (χ1n) is 11.9. The summed E-state index contributed by atoms with van der Waals surface area (Å²) in [6.07, 6.45) is -1.75. The van der Waals surface area contributed by atoms with E-state index in [4.69, 9.17) is 18.9 Å². The number of methoxy groups -OCH3 is 2. The van der Waals surface area contributed by atoms with E-state index in [-0.39, 0.29) is 19.6 Å². The molecule has 0 aromatic heterocycles. The van der Waals surface area contributed by atoms with E-state index >= 15 is 0 Å². The number of alkyl carbamates (subject to hydrolysis) is 1. The highest BCUT2D eigenvalue weighted by Crippen LogP contribution is 2.23. The Labute approximate surface area is 213 Å². The van der Waals surface area contributed by atoms with Gasteiger partial charge in [0.25, 0.3) is 0 Å². The summed E-state index contributed by atoms with van der Waals surface area (Å²) in [5.41, 5.74) is 0.918. The molecular weight excluding hydrogens is 464 g/mol. The van der Waals surface area contributed by atoms with Crippen LogP contribution in [0.4, 0.5) is 4.79 Å². The van der Waals surface area contributed by atoms with Gasteiger partial charge in [-0.25, -0.2) is 4.79 Å². The Balaban J connectivity index is 2.30. The van der Waals surface area contributed by atoms with Crippen LogP contribution in [-0.2, 0) is 27.2 Å². The molecule has 9 nitrogen and oxygen atoms in total. The number of nitrogens with one attached hydrogen (secondary N) is 2. The third-order valence-electron chi connectivity index (χ3n) is 5.23. The first-order chi connectivity index (χ1) is 17.1. The quantitative estimate of drug-likeness (QED) is 0.379. The lowest BCUT2D eigenvalue weighted by atomic mass is 9.96. The van der Waals surface area contributed by atoms with Gasteiger partial charge in [0, 0.05) is 12.6 Å². The SMILES string of the molecule is CCOC(=O)[C@H](NCc1cc(OC)cc(OC)c1)[C@@H](O)[C@H](Cc1ccccc1)NC(=O)OC(C)(C)C. The molecule has 0 aliphatic carbocycles. The van der Waals surface area contributed by atoms with Crippen molar-refractivity contribution in [3.8, 4) is 11.5 Å². The van der Waals surface area contributed by atoms with Gasteiger partial charge in [0.05, 0.1) is 26.9 Å². The van der Waals surface area contributed by atoms with Crippen LogP contribution in [0.25, 0.3) is 0 Å². The van der Waals surface area contributed by atoms with Crippen molar-refractivity contribution in [2.75, 3.05) is 20.8 Å². The lowest BCUT2D eigenvalue weighted by Crippen LogP contribution is -2.57. The van der Waals surface area contributed by atoms with Crippen LogP contribution in [0.3, 0.4) is 0 Å². The molecule has 198 valence electrons. The second-order valence-electron chi connectivity index (χ2n) is 9.26. The van der Waals surface area contributed by atoms with E-state index in [0.29, 0.717) is 11.5 Å². The Kier molecular flexibility index (Phi) is 11.0. The summed E-state index contributed by atoms with van der Waals surface area (Å²) >= 11 is 0. The molecule has 36 heavy (non-hydrogen) atoms. The van der Waals surface area contributed by atoms with Crippen LogP contribution in [0.2, 0.25) is 0 Å². The molecule has 0 bridgehead atoms. The van der Waals surface area contributed by atoms with Crippen LogP contribution in [0.5, 0.6) is 11.5 Å². The van der Waals surface area contributed by atoms with Crippen LogP contribution in [0, 0.1) is 0 Å². The number of esters is 1. The molecule has 3 atom stereocenters. The number of aliphatic hydroxyl groups is 1. The molecule has 2 rings (SSSR count). The predicted octanol–water partition coefficient (Wildman–Crippen LogP) is 3.22. The molecule has 0 aliphatic rings. The van der Waals surface area contributed by atoms with Gasteiger partial charge in [-0.2, -0.15) is 0 Å². The minimum atomic E-state index is -1.33. The Morgan fingerprint density at radius 1 is 0.972 bits per heavy atom. The number of carbonyl (C=O) groups excluding carboxylic acids is 2. The summed E-state index contributed by atoms with van der Waals surface area (Å²) in [6, 6.07) is 12.7. The van der Waals surface area contributed by atoms with E-state index in [1.54, 1.807) is 60.1 Å². The molecule has 0 saturated heterocycles. The number of aliphatic hydroxyl groups excluding tert-OH is 1. The fourth-order valence-electron chi connectivity index (χ4n) is 3.59. The third kappa shape index (κ3) is 9.39. The lowest BCUT2D eigenvalue weighted by Gasteiger charge is -2.31. The van der Waals surface area contributed by atoms with Gasteiger partial charge in [0.2, 0.25) is 0 Å². The zero-order valence-corrected chi connectivity index (χ0v) is 21.9. The molecule has 0 heterocycles. The van der Waals surface area contributed by atoms with E-state index in [1.807, 2.05) is 30.3 Å². The number of amides is 1. The van der Waals surface area contributed by atoms with E-state index < -0.39 is 35.9 Å². The molecule has 9 heteroatoms. The van der Waals surface area contributed by atoms with Crippen LogP contribution in [-0.4, -0.2) is 61.8 Å². The van der Waals surface area contributed by atoms with E-state index in [0.717, 1.165) is 11.1 Å². The Bertz CT molecular complexity index is 954. The van der Waals surface area contributed by atoms with Gasteiger partial charge in [-0.05, 0) is 57.4 Å². The largest absolute Gasteiger partial charge is 0.497 e. The maximum Gasteiger partial charge on any atom is 0.407 e. The van der Waals surface area contributed by atoms with E-state index in [2.05, 4.69) is 10.6 Å². The fraction of sp³-hybridized carbons (Fsp3) is 0.481. The van der Waals surface area contributed by atoms with Gasteiger partial charge < -0.3 is 29.4 Å². The maximum absolute atomic E-state index is 12.9. The minimum absolute atomic E-state index is 0.138. The zero-order valence-electron chi connectivity index (χ0n) is 21.9. The van der Waals surface area contributed by atoms with Gasteiger partial charge in [-0.1, -0.05) is 30.3 Å². The Morgan fingerprint density at radius 2 is 1.58 bits per heavy atom. The van der Waals surface area contributed by atoms with Gasteiger partial charge in [0.15, 0.2) is 0 Å². The lowest BCUT2D eigenvalue weighted by molar-refractivity contribution is -0.149. The molecule has 3 N–H and O–H groups in total. The number of hydrogen-bond donors (Lipinski definition) is 3. The van der Waals surface area contributed by atoms with Crippen molar-refractivity contribution in [2.24, 2.45) is 0 Å². The highest BCUT2D eigenvalue weighted by Gasteiger charge is 2.35. The highest BCUT2D eigenvalue weighted by molar-refractivity contribution is 5.77. The molecule has 0 fully saturated rings. The van der Waals surface area contributed by atoms with Crippen molar-refractivity contribution in [2.45, 2.75) is 64.4 Å². The van der Waals surface area contributed by atoms with Crippen molar-refractivity contribution in [1.29, 1.82) is 0 Å². The topological polar surface area (TPSA) is 115 Å². The van der Waals surface area contributed by atoms with Crippen molar-refractivity contribution < 1.29 is 33.6 Å². The standard InChI is InChI=1S/C27H38N2O7/c1-7-35-25(31)23(28-17-19-13-20(33-5)16-21(14-19)34-6)24(30)22(15-18-11-9-8-10-12-18)29-26(32)36-27(2,3)4/h8-14,16,22-24,28,30H,7,15,17H2,1-6H3,(H,29,32)/t22-,23+,24-/m0/s1. The van der Waals surface area contributed by atoms with Gasteiger partial charge in [-0.3, -0.25) is 10.1 Å². The van der Waals surface area contributed by atoms with Crippen molar-refractivity contribution in [1.82, 2.24) is 10.6 Å². The first kappa shape index (κ1) is 28.9.